The van der Waals surface area contributed by atoms with Crippen LogP contribution in [0.1, 0.15) is 10.6 Å². The number of hydrogen-bond donors (Lipinski definition) is 1. The smallest absolute Gasteiger partial charge is 0.371 e. The Balaban J connectivity index is 2.98. The zero-order valence-electron chi connectivity index (χ0n) is 4.30. The van der Waals surface area contributed by atoms with Gasteiger partial charge in [0.25, 0.3) is 0 Å². The van der Waals surface area contributed by atoms with Crippen LogP contribution in [0.2, 0.25) is 0 Å². The van der Waals surface area contributed by atoms with Gasteiger partial charge in [-0.3, -0.25) is 0 Å². The minimum absolute atomic E-state index is 0.0144. The second-order valence-electron chi connectivity index (χ2n) is 1.41. The van der Waals surface area contributed by atoms with Gasteiger partial charge in [-0.2, -0.15) is 0 Å². The molecule has 1 heterocycles. The molecule has 0 aromatic carbocycles. The fourth-order valence-electron chi connectivity index (χ4n) is 0.429. The third kappa shape index (κ3) is 1.44. The molecule has 0 saturated carbocycles. The van der Waals surface area contributed by atoms with Crippen LogP contribution in [0.4, 0.5) is 0 Å². The molecule has 0 unspecified atom stereocenters. The van der Waals surface area contributed by atoms with E-state index >= 15 is 0 Å². The molecule has 0 aliphatic rings. The van der Waals surface area contributed by atoms with Crippen LogP contribution in [0, 0.1) is 3.77 Å². The molecule has 3 nitrogen and oxygen atoms in total. The van der Waals surface area contributed by atoms with Crippen LogP contribution in [0.25, 0.3) is 0 Å². The SMILES string of the molecule is O=C(O)c1ccc(I)o1. The van der Waals surface area contributed by atoms with Crippen LogP contribution in [0.5, 0.6) is 0 Å². The first-order chi connectivity index (χ1) is 4.20. The van der Waals surface area contributed by atoms with Gasteiger partial charge in [0.15, 0.2) is 3.77 Å². The molecule has 0 aliphatic heterocycles. The molecule has 48 valence electrons. The lowest BCUT2D eigenvalue weighted by molar-refractivity contribution is 0.0661. The molecule has 0 spiro atoms. The number of aromatic carboxylic acids is 1. The van der Waals surface area contributed by atoms with Crippen LogP contribution in [-0.2, 0) is 0 Å². The van der Waals surface area contributed by atoms with Crippen molar-refractivity contribution in [2.75, 3.05) is 0 Å². The van der Waals surface area contributed by atoms with Crippen LogP contribution in [-0.4, -0.2) is 11.1 Å². The van der Waals surface area contributed by atoms with Crippen molar-refractivity contribution < 1.29 is 14.3 Å². The van der Waals surface area contributed by atoms with Crippen LogP contribution >= 0.6 is 22.6 Å². The molecule has 9 heavy (non-hydrogen) atoms. The summed E-state index contributed by atoms with van der Waals surface area (Å²) in [5.41, 5.74) is 0. The maximum Gasteiger partial charge on any atom is 0.371 e. The Morgan fingerprint density at radius 2 is 2.33 bits per heavy atom. The zero-order chi connectivity index (χ0) is 6.85. The van der Waals surface area contributed by atoms with E-state index in [0.717, 1.165) is 0 Å². The maximum absolute atomic E-state index is 10.1. The summed E-state index contributed by atoms with van der Waals surface area (Å²) in [5, 5.41) is 8.30. The van der Waals surface area contributed by atoms with Gasteiger partial charge in [0.05, 0.1) is 0 Å². The molecule has 0 aliphatic carbocycles. The van der Waals surface area contributed by atoms with Gasteiger partial charge >= 0.3 is 5.97 Å². The fourth-order valence-corrected chi connectivity index (χ4v) is 0.846. The second-order valence-corrected chi connectivity index (χ2v) is 2.47. The van der Waals surface area contributed by atoms with Crippen LogP contribution in [0.3, 0.4) is 0 Å². The van der Waals surface area contributed by atoms with Crippen LogP contribution in [0.15, 0.2) is 16.5 Å². The molecule has 0 atom stereocenters. The van der Waals surface area contributed by atoms with E-state index in [0.29, 0.717) is 3.77 Å². The Kier molecular flexibility index (Phi) is 1.75. The summed E-state index contributed by atoms with van der Waals surface area (Å²) in [4.78, 5) is 10.1. The summed E-state index contributed by atoms with van der Waals surface area (Å²) in [6, 6.07) is 3.02. The molecule has 1 N–H and O–H groups in total. The summed E-state index contributed by atoms with van der Waals surface area (Å²) >= 11 is 1.90. The predicted molar refractivity (Wildman–Crippen MR) is 38.4 cm³/mol. The average Bonchev–Trinajstić information content (AvgIpc) is 2.14. The number of halogens is 1. The highest BCUT2D eigenvalue weighted by molar-refractivity contribution is 14.1. The van der Waals surface area contributed by atoms with E-state index in [1.807, 2.05) is 22.6 Å². The topological polar surface area (TPSA) is 50.4 Å². The standard InChI is InChI=1S/C5H3IO3/c6-4-2-1-3(9-4)5(7)8/h1-2H,(H,7,8). The normalized spacial score (nSPS) is 9.44. The first-order valence-corrected chi connectivity index (χ1v) is 3.26. The minimum Gasteiger partial charge on any atom is -0.475 e. The fraction of sp³-hybridized carbons (Fsp3) is 0. The van der Waals surface area contributed by atoms with Crippen molar-refractivity contribution in [1.29, 1.82) is 0 Å². The van der Waals surface area contributed by atoms with E-state index in [1.165, 1.54) is 6.07 Å². The number of furan rings is 1. The van der Waals surface area contributed by atoms with Gasteiger partial charge in [-0.05, 0) is 34.7 Å². The number of carboxylic acid groups (broad SMARTS) is 1. The Labute approximate surface area is 64.8 Å². The molecule has 0 radical (unpaired) electrons. The largest absolute Gasteiger partial charge is 0.475 e. The molecular formula is C5H3IO3. The highest BCUT2D eigenvalue weighted by Crippen LogP contribution is 2.09. The quantitative estimate of drug-likeness (QED) is 0.755. The molecule has 4 heteroatoms. The van der Waals surface area contributed by atoms with Gasteiger partial charge in [-0.25, -0.2) is 4.79 Å². The van der Waals surface area contributed by atoms with Crippen molar-refractivity contribution >= 4 is 28.6 Å². The number of carbonyl (C=O) groups is 1. The highest BCUT2D eigenvalue weighted by atomic mass is 127. The molecule has 1 aromatic heterocycles. The van der Waals surface area contributed by atoms with Gasteiger partial charge in [0.1, 0.15) is 0 Å². The second kappa shape index (κ2) is 2.38. The third-order valence-electron chi connectivity index (χ3n) is 0.784. The maximum atomic E-state index is 10.1. The van der Waals surface area contributed by atoms with Gasteiger partial charge in [0.2, 0.25) is 5.76 Å². The Morgan fingerprint density at radius 3 is 2.56 bits per heavy atom. The Hall–Kier alpha value is -0.520. The number of rotatable bonds is 1. The summed E-state index contributed by atoms with van der Waals surface area (Å²) < 4.78 is 5.32. The molecule has 0 fully saturated rings. The first-order valence-electron chi connectivity index (χ1n) is 2.19. The van der Waals surface area contributed by atoms with Crippen molar-refractivity contribution in [3.8, 4) is 0 Å². The van der Waals surface area contributed by atoms with E-state index < -0.39 is 5.97 Å². The zero-order valence-corrected chi connectivity index (χ0v) is 6.45. The third-order valence-corrected chi connectivity index (χ3v) is 1.36. The van der Waals surface area contributed by atoms with E-state index in [9.17, 15) is 4.79 Å². The van der Waals surface area contributed by atoms with Crippen LogP contribution < -0.4 is 0 Å². The van der Waals surface area contributed by atoms with Crippen molar-refractivity contribution in [2.24, 2.45) is 0 Å². The predicted octanol–water partition coefficient (Wildman–Crippen LogP) is 1.58. The molecule has 0 bridgehead atoms. The van der Waals surface area contributed by atoms with Crippen molar-refractivity contribution in [2.45, 2.75) is 0 Å². The monoisotopic (exact) mass is 238 g/mol. The lowest BCUT2D eigenvalue weighted by Gasteiger charge is -1.81. The van der Waals surface area contributed by atoms with Crippen molar-refractivity contribution in [1.82, 2.24) is 0 Å². The first kappa shape index (κ1) is 6.60. The number of carboxylic acids is 1. The molecule has 1 aromatic rings. The van der Waals surface area contributed by atoms with Crippen molar-refractivity contribution in [3.63, 3.8) is 0 Å². The van der Waals surface area contributed by atoms with Gasteiger partial charge in [-0.1, -0.05) is 0 Å². The van der Waals surface area contributed by atoms with Gasteiger partial charge < -0.3 is 9.52 Å². The van der Waals surface area contributed by atoms with E-state index in [2.05, 4.69) is 0 Å². The molecule has 0 amide bonds. The van der Waals surface area contributed by atoms with Gasteiger partial charge in [-0.15, -0.1) is 0 Å². The van der Waals surface area contributed by atoms with E-state index in [-0.39, 0.29) is 5.76 Å². The number of hydrogen-bond acceptors (Lipinski definition) is 2. The molecule has 0 saturated heterocycles. The molecule has 1 rings (SSSR count). The summed E-state index contributed by atoms with van der Waals surface area (Å²) in [6.07, 6.45) is 0. The summed E-state index contributed by atoms with van der Waals surface area (Å²) in [5.74, 6) is -1.04. The molecular weight excluding hydrogens is 235 g/mol. The lowest BCUT2D eigenvalue weighted by Crippen LogP contribution is -1.91. The lowest BCUT2D eigenvalue weighted by atomic mass is 10.5. The van der Waals surface area contributed by atoms with E-state index in [4.69, 9.17) is 9.52 Å². The minimum atomic E-state index is -1.03. The highest BCUT2D eigenvalue weighted by Gasteiger charge is 2.05. The Bertz CT molecular complexity index is 228. The summed E-state index contributed by atoms with van der Waals surface area (Å²) in [6.45, 7) is 0. The summed E-state index contributed by atoms with van der Waals surface area (Å²) in [7, 11) is 0. The average molecular weight is 238 g/mol. The van der Waals surface area contributed by atoms with Gasteiger partial charge in [0, 0.05) is 0 Å². The van der Waals surface area contributed by atoms with Crippen molar-refractivity contribution in [3.05, 3.63) is 21.7 Å². The Morgan fingerprint density at radius 1 is 1.67 bits per heavy atom. The van der Waals surface area contributed by atoms with E-state index in [1.54, 1.807) is 6.07 Å².